The number of carbonyl (C=O) groups excluding carboxylic acids is 1. The summed E-state index contributed by atoms with van der Waals surface area (Å²) < 4.78 is 5.23. The molecule has 1 aromatic carbocycles. The van der Waals surface area contributed by atoms with Gasteiger partial charge >= 0.3 is 11.9 Å². The van der Waals surface area contributed by atoms with Crippen LogP contribution in [0.1, 0.15) is 19.4 Å². The van der Waals surface area contributed by atoms with Crippen molar-refractivity contribution in [2.24, 2.45) is 5.73 Å². The lowest BCUT2D eigenvalue weighted by molar-refractivity contribution is -0.140. The van der Waals surface area contributed by atoms with E-state index in [2.05, 4.69) is 5.32 Å². The molecule has 0 saturated carbocycles. The molecule has 0 aromatic heterocycles. The minimum atomic E-state index is -1.05. The summed E-state index contributed by atoms with van der Waals surface area (Å²) in [4.78, 5) is 22.5. The van der Waals surface area contributed by atoms with Crippen LogP contribution in [0.5, 0.6) is 5.75 Å². The Hall–Kier alpha value is -1.92. The fourth-order valence-corrected chi connectivity index (χ4v) is 1.37. The quantitative estimate of drug-likeness (QED) is 0.519. The van der Waals surface area contributed by atoms with Crippen LogP contribution in [0.4, 0.5) is 0 Å². The molecule has 0 saturated heterocycles. The average Bonchev–Trinajstić information content (AvgIpc) is 2.40. The van der Waals surface area contributed by atoms with Gasteiger partial charge in [-0.05, 0) is 45.0 Å². The van der Waals surface area contributed by atoms with Crippen molar-refractivity contribution < 1.29 is 19.4 Å². The van der Waals surface area contributed by atoms with Crippen molar-refractivity contribution in [1.29, 1.82) is 0 Å². The average molecular weight is 280 g/mol. The number of hydrogen-bond acceptors (Lipinski definition) is 5. The number of carbonyl (C=O) groups is 2. The highest BCUT2D eigenvalue weighted by atomic mass is 16.5. The maximum Gasteiger partial charge on any atom is 0.331 e. The zero-order valence-electron chi connectivity index (χ0n) is 11.8. The van der Waals surface area contributed by atoms with Crippen LogP contribution in [0.25, 0.3) is 0 Å². The molecule has 1 atom stereocenters. The van der Waals surface area contributed by atoms with Crippen LogP contribution in [-0.2, 0) is 16.0 Å². The molecule has 6 nitrogen and oxygen atoms in total. The van der Waals surface area contributed by atoms with Gasteiger partial charge in [-0.1, -0.05) is 12.1 Å². The molecule has 6 heteroatoms. The summed E-state index contributed by atoms with van der Waals surface area (Å²) in [6.45, 7) is 3.44. The first-order chi connectivity index (χ1) is 9.26. The molecule has 0 bridgehead atoms. The summed E-state index contributed by atoms with van der Waals surface area (Å²) in [5, 5.41) is 11.6. The Labute approximate surface area is 117 Å². The first kappa shape index (κ1) is 16.1. The fourth-order valence-electron chi connectivity index (χ4n) is 1.37. The van der Waals surface area contributed by atoms with Gasteiger partial charge in [-0.15, -0.1) is 0 Å². The van der Waals surface area contributed by atoms with Crippen molar-refractivity contribution in [2.45, 2.75) is 31.8 Å². The second-order valence-corrected chi connectivity index (χ2v) is 5.06. The molecule has 0 heterocycles. The summed E-state index contributed by atoms with van der Waals surface area (Å²) in [5.41, 5.74) is 5.45. The monoisotopic (exact) mass is 280 g/mol. The van der Waals surface area contributed by atoms with E-state index in [9.17, 15) is 9.59 Å². The number of ether oxygens (including phenoxy) is 1. The van der Waals surface area contributed by atoms with Crippen molar-refractivity contribution in [1.82, 2.24) is 5.32 Å². The Balaban J connectivity index is 2.68. The number of rotatable bonds is 6. The van der Waals surface area contributed by atoms with Gasteiger partial charge in [0.05, 0.1) is 0 Å². The van der Waals surface area contributed by atoms with Gasteiger partial charge in [0.15, 0.2) is 0 Å². The van der Waals surface area contributed by atoms with Crippen molar-refractivity contribution in [3.05, 3.63) is 29.8 Å². The van der Waals surface area contributed by atoms with Gasteiger partial charge in [-0.25, -0.2) is 4.79 Å². The molecule has 0 aliphatic carbocycles. The zero-order valence-corrected chi connectivity index (χ0v) is 11.8. The number of likely N-dealkylation sites (N-methyl/N-ethyl adjacent to an activating group) is 1. The van der Waals surface area contributed by atoms with E-state index in [4.69, 9.17) is 15.6 Å². The topological polar surface area (TPSA) is 102 Å². The molecule has 1 rings (SSSR count). The highest BCUT2D eigenvalue weighted by molar-refractivity contribution is 5.81. The third-order valence-corrected chi connectivity index (χ3v) is 3.04. The van der Waals surface area contributed by atoms with E-state index in [1.165, 1.54) is 0 Å². The predicted molar refractivity (Wildman–Crippen MR) is 74.5 cm³/mol. The van der Waals surface area contributed by atoms with E-state index >= 15 is 0 Å². The van der Waals surface area contributed by atoms with E-state index in [-0.39, 0.29) is 6.42 Å². The third-order valence-electron chi connectivity index (χ3n) is 3.04. The van der Waals surface area contributed by atoms with Crippen molar-refractivity contribution >= 4 is 11.9 Å². The molecule has 1 aromatic rings. The fraction of sp³-hybridized carbons (Fsp3) is 0.429. The summed E-state index contributed by atoms with van der Waals surface area (Å²) in [6, 6.07) is 5.68. The maximum atomic E-state index is 11.8. The SMILES string of the molecule is CNC(C)(C)C(=O)Oc1ccc(C[C@@H](N)C(=O)O)cc1. The van der Waals surface area contributed by atoms with Crippen LogP contribution in [0.15, 0.2) is 24.3 Å². The van der Waals surface area contributed by atoms with Gasteiger partial charge in [0.2, 0.25) is 0 Å². The van der Waals surface area contributed by atoms with Crippen molar-refractivity contribution in [3.8, 4) is 5.75 Å². The van der Waals surface area contributed by atoms with Gasteiger partial charge in [-0.3, -0.25) is 4.79 Å². The van der Waals surface area contributed by atoms with Crippen LogP contribution in [0.2, 0.25) is 0 Å². The van der Waals surface area contributed by atoms with Crippen LogP contribution < -0.4 is 15.8 Å². The number of nitrogens with two attached hydrogens (primary N) is 1. The molecule has 0 aliphatic heterocycles. The summed E-state index contributed by atoms with van der Waals surface area (Å²) in [6.07, 6.45) is 0.228. The van der Waals surface area contributed by atoms with Gasteiger partial charge in [-0.2, -0.15) is 0 Å². The minimum Gasteiger partial charge on any atom is -0.480 e. The van der Waals surface area contributed by atoms with E-state index in [1.54, 1.807) is 45.2 Å². The predicted octanol–water partition coefficient (Wildman–Crippen LogP) is 0.544. The lowest BCUT2D eigenvalue weighted by atomic mass is 10.1. The number of esters is 1. The van der Waals surface area contributed by atoms with E-state index in [1.807, 2.05) is 0 Å². The molecular formula is C14H20N2O4. The van der Waals surface area contributed by atoms with Crippen molar-refractivity contribution in [3.63, 3.8) is 0 Å². The standard InChI is InChI=1S/C14H20N2O4/c1-14(2,16-3)13(19)20-10-6-4-9(5-7-10)8-11(15)12(17)18/h4-7,11,16H,8,15H2,1-3H3,(H,17,18)/t11-/m1/s1. The summed E-state index contributed by atoms with van der Waals surface area (Å²) in [5.74, 6) is -1.03. The molecule has 110 valence electrons. The Morgan fingerprint density at radius 3 is 2.35 bits per heavy atom. The minimum absolute atomic E-state index is 0.228. The van der Waals surface area contributed by atoms with Gasteiger partial charge < -0.3 is 20.9 Å². The Morgan fingerprint density at radius 1 is 1.35 bits per heavy atom. The lowest BCUT2D eigenvalue weighted by Gasteiger charge is -2.21. The number of aliphatic carboxylic acids is 1. The maximum absolute atomic E-state index is 11.8. The van der Waals surface area contributed by atoms with E-state index in [0.29, 0.717) is 5.75 Å². The second kappa shape index (κ2) is 6.49. The smallest absolute Gasteiger partial charge is 0.331 e. The van der Waals surface area contributed by atoms with E-state index < -0.39 is 23.5 Å². The molecule has 0 fully saturated rings. The molecule has 0 amide bonds. The third kappa shape index (κ3) is 4.32. The van der Waals surface area contributed by atoms with Crippen LogP contribution in [-0.4, -0.2) is 35.7 Å². The Kier molecular flexibility index (Phi) is 5.24. The molecule has 0 radical (unpaired) electrons. The summed E-state index contributed by atoms with van der Waals surface area (Å²) >= 11 is 0. The Bertz CT molecular complexity index is 482. The molecule has 0 unspecified atom stereocenters. The number of carboxylic acids is 1. The first-order valence-corrected chi connectivity index (χ1v) is 6.25. The Morgan fingerprint density at radius 2 is 1.90 bits per heavy atom. The second-order valence-electron chi connectivity index (χ2n) is 5.06. The normalized spacial score (nSPS) is 12.8. The van der Waals surface area contributed by atoms with Gasteiger partial charge in [0.25, 0.3) is 0 Å². The summed E-state index contributed by atoms with van der Waals surface area (Å²) in [7, 11) is 1.68. The highest BCUT2D eigenvalue weighted by Gasteiger charge is 2.27. The number of hydrogen-bond donors (Lipinski definition) is 3. The molecule has 4 N–H and O–H groups in total. The van der Waals surface area contributed by atoms with Crippen LogP contribution in [0, 0.1) is 0 Å². The van der Waals surface area contributed by atoms with Crippen LogP contribution >= 0.6 is 0 Å². The van der Waals surface area contributed by atoms with Crippen molar-refractivity contribution in [2.75, 3.05) is 7.05 Å². The van der Waals surface area contributed by atoms with Gasteiger partial charge in [0, 0.05) is 0 Å². The zero-order chi connectivity index (χ0) is 15.3. The molecular weight excluding hydrogens is 260 g/mol. The van der Waals surface area contributed by atoms with E-state index in [0.717, 1.165) is 5.56 Å². The lowest BCUT2D eigenvalue weighted by Crippen LogP contribution is -2.47. The number of carboxylic acid groups (broad SMARTS) is 1. The number of nitrogens with one attached hydrogen (secondary N) is 1. The number of benzene rings is 1. The van der Waals surface area contributed by atoms with Crippen LogP contribution in [0.3, 0.4) is 0 Å². The highest BCUT2D eigenvalue weighted by Crippen LogP contribution is 2.16. The molecule has 20 heavy (non-hydrogen) atoms. The largest absolute Gasteiger partial charge is 0.480 e. The van der Waals surface area contributed by atoms with Gasteiger partial charge in [0.1, 0.15) is 17.3 Å². The molecule has 0 spiro atoms. The molecule has 0 aliphatic rings. The first-order valence-electron chi connectivity index (χ1n) is 6.25.